The van der Waals surface area contributed by atoms with E-state index in [0.717, 1.165) is 0 Å². The van der Waals surface area contributed by atoms with E-state index in [4.69, 9.17) is 15.6 Å². The average Bonchev–Trinajstić information content (AvgIpc) is 2.62. The van der Waals surface area contributed by atoms with Crippen molar-refractivity contribution in [2.45, 2.75) is 39.3 Å². The van der Waals surface area contributed by atoms with Gasteiger partial charge < -0.3 is 20.9 Å². The van der Waals surface area contributed by atoms with E-state index in [1.165, 1.54) is 0 Å². The molecule has 1 aliphatic heterocycles. The van der Waals surface area contributed by atoms with Gasteiger partial charge in [0.05, 0.1) is 19.1 Å². The number of nitrogens with one attached hydrogen (secondary N) is 1. The molecule has 0 radical (unpaired) electrons. The molecule has 5 nitrogen and oxygen atoms in total. The van der Waals surface area contributed by atoms with Crippen molar-refractivity contribution in [2.24, 2.45) is 17.1 Å². The molecule has 0 aromatic carbocycles. The highest BCUT2D eigenvalue weighted by Crippen LogP contribution is 2.22. The van der Waals surface area contributed by atoms with Crippen LogP contribution in [-0.4, -0.2) is 42.9 Å². The number of carbonyl (C=O) groups is 1. The molecule has 0 spiro atoms. The molecular weight excluding hydrogens is 220 g/mol. The highest BCUT2D eigenvalue weighted by atomic mass is 16.5. The monoisotopic (exact) mass is 244 g/mol. The number of rotatable bonds is 4. The lowest BCUT2D eigenvalue weighted by atomic mass is 9.84. The van der Waals surface area contributed by atoms with Crippen LogP contribution in [-0.2, 0) is 9.53 Å². The first kappa shape index (κ1) is 14.4. The lowest BCUT2D eigenvalue weighted by Crippen LogP contribution is -2.49. The van der Waals surface area contributed by atoms with Crippen LogP contribution < -0.4 is 11.1 Å². The van der Waals surface area contributed by atoms with Crippen molar-refractivity contribution in [1.82, 2.24) is 5.32 Å². The van der Waals surface area contributed by atoms with Gasteiger partial charge in [0.25, 0.3) is 0 Å². The Morgan fingerprint density at radius 3 is 2.59 bits per heavy atom. The zero-order chi connectivity index (χ0) is 13.1. The molecule has 4 N–H and O–H groups in total. The summed E-state index contributed by atoms with van der Waals surface area (Å²) in [4.78, 5) is 12.0. The molecule has 3 atom stereocenters. The van der Waals surface area contributed by atoms with Crippen molar-refractivity contribution in [3.8, 4) is 0 Å². The largest absolute Gasteiger partial charge is 0.396 e. The first-order valence-corrected chi connectivity index (χ1v) is 6.11. The van der Waals surface area contributed by atoms with Gasteiger partial charge in [0.1, 0.15) is 0 Å². The molecular formula is C12H24N2O3. The fourth-order valence-electron chi connectivity index (χ4n) is 1.97. The van der Waals surface area contributed by atoms with E-state index in [0.29, 0.717) is 19.6 Å². The molecule has 5 heteroatoms. The summed E-state index contributed by atoms with van der Waals surface area (Å²) < 4.78 is 5.18. The van der Waals surface area contributed by atoms with Gasteiger partial charge in [-0.2, -0.15) is 0 Å². The summed E-state index contributed by atoms with van der Waals surface area (Å²) in [5.74, 6) is -0.332. The third kappa shape index (κ3) is 3.94. The van der Waals surface area contributed by atoms with Gasteiger partial charge in [0, 0.05) is 18.7 Å². The van der Waals surface area contributed by atoms with E-state index in [-0.39, 0.29) is 35.9 Å². The maximum atomic E-state index is 12.0. The van der Waals surface area contributed by atoms with Crippen molar-refractivity contribution in [2.75, 3.05) is 19.8 Å². The van der Waals surface area contributed by atoms with E-state index < -0.39 is 0 Å². The van der Waals surface area contributed by atoms with E-state index in [1.54, 1.807) is 0 Å². The Labute approximate surface area is 103 Å². The highest BCUT2D eigenvalue weighted by molar-refractivity contribution is 5.80. The van der Waals surface area contributed by atoms with Crippen LogP contribution in [0.25, 0.3) is 0 Å². The van der Waals surface area contributed by atoms with Gasteiger partial charge >= 0.3 is 0 Å². The van der Waals surface area contributed by atoms with Crippen LogP contribution in [0.15, 0.2) is 0 Å². The van der Waals surface area contributed by atoms with Crippen molar-refractivity contribution in [1.29, 1.82) is 0 Å². The van der Waals surface area contributed by atoms with Gasteiger partial charge in [0.15, 0.2) is 0 Å². The first-order chi connectivity index (χ1) is 7.86. The molecule has 1 saturated heterocycles. The number of hydrogen-bond acceptors (Lipinski definition) is 4. The Kier molecular flexibility index (Phi) is 4.91. The molecule has 0 aliphatic carbocycles. The maximum absolute atomic E-state index is 12.0. The fraction of sp³-hybridized carbons (Fsp3) is 0.917. The molecule has 0 saturated carbocycles. The lowest BCUT2D eigenvalue weighted by molar-refractivity contribution is -0.126. The number of nitrogens with two attached hydrogens (primary N) is 1. The molecule has 17 heavy (non-hydrogen) atoms. The fourth-order valence-corrected chi connectivity index (χ4v) is 1.97. The number of aliphatic hydroxyl groups excluding tert-OH is 1. The van der Waals surface area contributed by atoms with Crippen LogP contribution in [0.4, 0.5) is 0 Å². The molecule has 0 aromatic rings. The van der Waals surface area contributed by atoms with Gasteiger partial charge in [0.2, 0.25) is 5.91 Å². The van der Waals surface area contributed by atoms with Gasteiger partial charge in [-0.15, -0.1) is 0 Å². The number of carbonyl (C=O) groups excluding carboxylic acids is 1. The molecule has 0 bridgehead atoms. The Hall–Kier alpha value is -0.650. The van der Waals surface area contributed by atoms with Gasteiger partial charge in [-0.25, -0.2) is 0 Å². The van der Waals surface area contributed by atoms with Crippen LogP contribution in [0.3, 0.4) is 0 Å². The topological polar surface area (TPSA) is 84.6 Å². The van der Waals surface area contributed by atoms with E-state index in [2.05, 4.69) is 5.32 Å². The maximum Gasteiger partial charge on any atom is 0.227 e. The van der Waals surface area contributed by atoms with Crippen LogP contribution in [0.2, 0.25) is 0 Å². The Bertz CT molecular complexity index is 263. The zero-order valence-electron chi connectivity index (χ0n) is 10.9. The first-order valence-electron chi connectivity index (χ1n) is 6.11. The quantitative estimate of drug-likeness (QED) is 0.643. The normalized spacial score (nSPS) is 26.9. The van der Waals surface area contributed by atoms with E-state index >= 15 is 0 Å². The summed E-state index contributed by atoms with van der Waals surface area (Å²) in [5.41, 5.74) is 5.72. The number of aliphatic hydroxyl groups is 1. The number of ether oxygens (including phenoxy) is 1. The standard InChI is InChI=1S/C12H24N2O3/c1-12(2,3)10(4-5-15)14-11(16)8-6-17-7-9(8)13/h8-10,15H,4-7,13H2,1-3H3,(H,14,16). The van der Waals surface area contributed by atoms with Crippen molar-refractivity contribution in [3.63, 3.8) is 0 Å². The van der Waals surface area contributed by atoms with Crippen LogP contribution in [0, 0.1) is 11.3 Å². The SMILES string of the molecule is CC(C)(C)C(CCO)NC(=O)C1COCC1N. The summed E-state index contributed by atoms with van der Waals surface area (Å²) in [6, 6.07) is -0.266. The molecule has 100 valence electrons. The van der Waals surface area contributed by atoms with Crippen LogP contribution in [0.1, 0.15) is 27.2 Å². The molecule has 1 rings (SSSR count). The molecule has 1 aliphatic rings. The second kappa shape index (κ2) is 5.80. The molecule has 0 aromatic heterocycles. The van der Waals surface area contributed by atoms with Crippen molar-refractivity contribution >= 4 is 5.91 Å². The zero-order valence-corrected chi connectivity index (χ0v) is 10.9. The van der Waals surface area contributed by atoms with Crippen molar-refractivity contribution in [3.05, 3.63) is 0 Å². The molecule has 1 amide bonds. The summed E-state index contributed by atoms with van der Waals surface area (Å²) in [5, 5.41) is 12.0. The molecule has 1 heterocycles. The minimum atomic E-state index is -0.265. The third-order valence-electron chi connectivity index (χ3n) is 3.24. The third-order valence-corrected chi connectivity index (χ3v) is 3.24. The molecule has 3 unspecified atom stereocenters. The number of amides is 1. The second-order valence-corrected chi connectivity index (χ2v) is 5.75. The number of hydrogen-bond donors (Lipinski definition) is 3. The highest BCUT2D eigenvalue weighted by Gasteiger charge is 2.34. The van der Waals surface area contributed by atoms with Gasteiger partial charge in [-0.05, 0) is 11.8 Å². The summed E-state index contributed by atoms with van der Waals surface area (Å²) in [7, 11) is 0. The lowest BCUT2D eigenvalue weighted by Gasteiger charge is -2.32. The van der Waals surface area contributed by atoms with Crippen molar-refractivity contribution < 1.29 is 14.6 Å². The van der Waals surface area contributed by atoms with Crippen LogP contribution in [0.5, 0.6) is 0 Å². The predicted octanol–water partition coefficient (Wildman–Crippen LogP) is -0.127. The Balaban J connectivity index is 2.57. The van der Waals surface area contributed by atoms with Gasteiger partial charge in [-0.1, -0.05) is 20.8 Å². The summed E-state index contributed by atoms with van der Waals surface area (Å²) in [6.07, 6.45) is 0.554. The minimum absolute atomic E-state index is 0.0483. The van der Waals surface area contributed by atoms with E-state index in [1.807, 2.05) is 20.8 Å². The average molecular weight is 244 g/mol. The second-order valence-electron chi connectivity index (χ2n) is 5.75. The Morgan fingerprint density at radius 2 is 2.18 bits per heavy atom. The predicted molar refractivity (Wildman–Crippen MR) is 65.4 cm³/mol. The summed E-state index contributed by atoms with van der Waals surface area (Å²) >= 11 is 0. The van der Waals surface area contributed by atoms with E-state index in [9.17, 15) is 4.79 Å². The smallest absolute Gasteiger partial charge is 0.227 e. The Morgan fingerprint density at radius 1 is 1.53 bits per heavy atom. The van der Waals surface area contributed by atoms with Crippen LogP contribution >= 0.6 is 0 Å². The molecule has 1 fully saturated rings. The van der Waals surface area contributed by atoms with Gasteiger partial charge in [-0.3, -0.25) is 4.79 Å². The summed E-state index contributed by atoms with van der Waals surface area (Å²) in [6.45, 7) is 7.02. The minimum Gasteiger partial charge on any atom is -0.396 e.